The molecule has 1 aliphatic heterocycles. The first-order chi connectivity index (χ1) is 7.59. The van der Waals surface area contributed by atoms with Crippen molar-refractivity contribution in [2.24, 2.45) is 0 Å². The minimum atomic E-state index is -0.943. The highest BCUT2D eigenvalue weighted by Crippen LogP contribution is 2.35. The van der Waals surface area contributed by atoms with Crippen molar-refractivity contribution in [3.8, 4) is 5.75 Å². The van der Waals surface area contributed by atoms with Crippen LogP contribution in [-0.4, -0.2) is 29.1 Å². The van der Waals surface area contributed by atoms with Gasteiger partial charge in [-0.1, -0.05) is 18.2 Å². The molecule has 0 aliphatic carbocycles. The second-order valence-electron chi connectivity index (χ2n) is 3.63. The summed E-state index contributed by atoms with van der Waals surface area (Å²) < 4.78 is 5.05. The molecule has 1 aliphatic rings. The Morgan fingerprint density at radius 3 is 2.88 bits per heavy atom. The minimum absolute atomic E-state index is 0.122. The topological polar surface area (TPSA) is 66.8 Å². The van der Waals surface area contributed by atoms with E-state index < -0.39 is 18.1 Å². The summed E-state index contributed by atoms with van der Waals surface area (Å²) in [6.45, 7) is 0. The van der Waals surface area contributed by atoms with Gasteiger partial charge in [0, 0.05) is 12.6 Å². The van der Waals surface area contributed by atoms with Crippen LogP contribution in [0.25, 0.3) is 0 Å². The van der Waals surface area contributed by atoms with Gasteiger partial charge in [-0.15, -0.1) is 0 Å². The van der Waals surface area contributed by atoms with Crippen LogP contribution in [0.15, 0.2) is 24.3 Å². The molecule has 0 saturated carbocycles. The van der Waals surface area contributed by atoms with Crippen LogP contribution >= 0.6 is 0 Å². The first-order valence-corrected chi connectivity index (χ1v) is 4.85. The molecule has 0 aromatic heterocycles. The van der Waals surface area contributed by atoms with E-state index in [2.05, 4.69) is 0 Å². The summed E-state index contributed by atoms with van der Waals surface area (Å²) in [7, 11) is 1.53. The highest BCUT2D eigenvalue weighted by Gasteiger charge is 2.32. The van der Waals surface area contributed by atoms with Crippen molar-refractivity contribution in [1.82, 2.24) is 4.90 Å². The SMILES string of the molecule is CN1C(=O)Oc2ccccc2C1CC(=O)O. The summed E-state index contributed by atoms with van der Waals surface area (Å²) in [6, 6.07) is 6.51. The predicted octanol–water partition coefficient (Wildman–Crippen LogP) is 1.65. The first kappa shape index (κ1) is 10.5. The summed E-state index contributed by atoms with van der Waals surface area (Å²) >= 11 is 0. The number of para-hydroxylation sites is 1. The molecule has 1 amide bonds. The molecule has 0 saturated heterocycles. The number of hydrogen-bond donors (Lipinski definition) is 1. The van der Waals surface area contributed by atoms with Gasteiger partial charge in [-0.2, -0.15) is 0 Å². The van der Waals surface area contributed by atoms with Crippen molar-refractivity contribution in [2.45, 2.75) is 12.5 Å². The summed E-state index contributed by atoms with van der Waals surface area (Å²) in [5.41, 5.74) is 0.729. The van der Waals surface area contributed by atoms with E-state index in [1.54, 1.807) is 24.3 Å². The number of carboxylic acid groups (broad SMARTS) is 1. The Bertz CT molecular complexity index is 443. The lowest BCUT2D eigenvalue weighted by Crippen LogP contribution is -2.38. The van der Waals surface area contributed by atoms with Crippen LogP contribution in [0.3, 0.4) is 0 Å². The number of ether oxygens (including phenoxy) is 1. The molecular weight excluding hydrogens is 210 g/mol. The van der Waals surface area contributed by atoms with Gasteiger partial charge in [0.15, 0.2) is 0 Å². The van der Waals surface area contributed by atoms with Crippen LogP contribution in [0.5, 0.6) is 5.75 Å². The molecule has 2 rings (SSSR count). The van der Waals surface area contributed by atoms with Gasteiger partial charge in [-0.25, -0.2) is 4.79 Å². The van der Waals surface area contributed by atoms with Crippen LogP contribution in [0.2, 0.25) is 0 Å². The van der Waals surface area contributed by atoms with E-state index in [0.717, 1.165) is 5.56 Å². The number of carbonyl (C=O) groups excluding carboxylic acids is 1. The van der Waals surface area contributed by atoms with Gasteiger partial charge in [0.1, 0.15) is 5.75 Å². The zero-order chi connectivity index (χ0) is 11.7. The zero-order valence-corrected chi connectivity index (χ0v) is 8.71. The molecule has 0 radical (unpaired) electrons. The van der Waals surface area contributed by atoms with Gasteiger partial charge in [-0.3, -0.25) is 4.79 Å². The standard InChI is InChI=1S/C11H11NO4/c1-12-8(6-10(13)14)7-4-2-3-5-9(7)16-11(12)15/h2-5,8H,6H2,1H3,(H,13,14). The highest BCUT2D eigenvalue weighted by atomic mass is 16.6. The van der Waals surface area contributed by atoms with E-state index in [1.807, 2.05) is 0 Å². The lowest BCUT2D eigenvalue weighted by atomic mass is 10.0. The van der Waals surface area contributed by atoms with Gasteiger partial charge in [0.2, 0.25) is 0 Å². The second kappa shape index (κ2) is 3.84. The fourth-order valence-electron chi connectivity index (χ4n) is 1.76. The number of benzene rings is 1. The minimum Gasteiger partial charge on any atom is -0.481 e. The van der Waals surface area contributed by atoms with E-state index in [-0.39, 0.29) is 6.42 Å². The number of amides is 1. The monoisotopic (exact) mass is 221 g/mol. The molecule has 1 unspecified atom stereocenters. The molecule has 1 N–H and O–H groups in total. The Balaban J connectivity index is 2.41. The number of carbonyl (C=O) groups is 2. The number of hydrogen-bond acceptors (Lipinski definition) is 3. The maximum absolute atomic E-state index is 11.5. The molecule has 1 heterocycles. The molecule has 5 heteroatoms. The van der Waals surface area contributed by atoms with Crippen molar-refractivity contribution in [3.05, 3.63) is 29.8 Å². The van der Waals surface area contributed by atoms with E-state index in [9.17, 15) is 9.59 Å². The van der Waals surface area contributed by atoms with Crippen molar-refractivity contribution in [3.63, 3.8) is 0 Å². The Hall–Kier alpha value is -2.04. The third kappa shape index (κ3) is 1.71. The quantitative estimate of drug-likeness (QED) is 0.824. The van der Waals surface area contributed by atoms with E-state index in [4.69, 9.17) is 9.84 Å². The molecule has 1 atom stereocenters. The summed E-state index contributed by atoms with van der Waals surface area (Å²) in [6.07, 6.45) is -0.646. The van der Waals surface area contributed by atoms with Gasteiger partial charge >= 0.3 is 12.1 Å². The van der Waals surface area contributed by atoms with E-state index >= 15 is 0 Å². The lowest BCUT2D eigenvalue weighted by molar-refractivity contribution is -0.138. The Labute approximate surface area is 92.2 Å². The van der Waals surface area contributed by atoms with Crippen LogP contribution in [-0.2, 0) is 4.79 Å². The molecule has 0 bridgehead atoms. The molecule has 0 fully saturated rings. The molecule has 1 aromatic carbocycles. The number of fused-ring (bicyclic) bond motifs is 1. The third-order valence-corrected chi connectivity index (χ3v) is 2.60. The van der Waals surface area contributed by atoms with Crippen molar-refractivity contribution in [2.75, 3.05) is 7.05 Å². The number of nitrogens with zero attached hydrogens (tertiary/aromatic N) is 1. The van der Waals surface area contributed by atoms with Crippen molar-refractivity contribution < 1.29 is 19.4 Å². The Kier molecular flexibility index (Phi) is 2.52. The molecule has 16 heavy (non-hydrogen) atoms. The predicted molar refractivity (Wildman–Crippen MR) is 55.2 cm³/mol. The average Bonchev–Trinajstić information content (AvgIpc) is 2.24. The summed E-state index contributed by atoms with van der Waals surface area (Å²) in [4.78, 5) is 23.5. The fraction of sp³-hybridized carbons (Fsp3) is 0.273. The number of carboxylic acids is 1. The molecule has 0 spiro atoms. The van der Waals surface area contributed by atoms with Crippen LogP contribution in [0, 0.1) is 0 Å². The highest BCUT2D eigenvalue weighted by molar-refractivity contribution is 5.76. The third-order valence-electron chi connectivity index (χ3n) is 2.60. The van der Waals surface area contributed by atoms with E-state index in [1.165, 1.54) is 11.9 Å². The zero-order valence-electron chi connectivity index (χ0n) is 8.71. The molecule has 1 aromatic rings. The van der Waals surface area contributed by atoms with Crippen molar-refractivity contribution in [1.29, 1.82) is 0 Å². The largest absolute Gasteiger partial charge is 0.481 e. The number of aliphatic carboxylic acids is 1. The average molecular weight is 221 g/mol. The van der Waals surface area contributed by atoms with E-state index in [0.29, 0.717) is 5.75 Å². The van der Waals surface area contributed by atoms with Gasteiger partial charge in [0.25, 0.3) is 0 Å². The van der Waals surface area contributed by atoms with Gasteiger partial charge in [0.05, 0.1) is 12.5 Å². The maximum Gasteiger partial charge on any atom is 0.415 e. The smallest absolute Gasteiger partial charge is 0.415 e. The summed E-state index contributed by atoms with van der Waals surface area (Å²) in [5.74, 6) is -0.502. The van der Waals surface area contributed by atoms with Crippen molar-refractivity contribution >= 4 is 12.1 Å². The second-order valence-corrected chi connectivity index (χ2v) is 3.63. The normalized spacial score (nSPS) is 18.9. The number of rotatable bonds is 2. The fourth-order valence-corrected chi connectivity index (χ4v) is 1.76. The summed E-state index contributed by atoms with van der Waals surface area (Å²) in [5, 5.41) is 8.82. The lowest BCUT2D eigenvalue weighted by Gasteiger charge is -2.32. The molecule has 84 valence electrons. The maximum atomic E-state index is 11.5. The first-order valence-electron chi connectivity index (χ1n) is 4.85. The van der Waals surface area contributed by atoms with Crippen LogP contribution < -0.4 is 4.74 Å². The Morgan fingerprint density at radius 2 is 2.19 bits per heavy atom. The van der Waals surface area contributed by atoms with Crippen LogP contribution in [0.4, 0.5) is 4.79 Å². The van der Waals surface area contributed by atoms with Gasteiger partial charge < -0.3 is 14.7 Å². The van der Waals surface area contributed by atoms with Gasteiger partial charge in [-0.05, 0) is 6.07 Å². The van der Waals surface area contributed by atoms with Crippen LogP contribution in [0.1, 0.15) is 18.0 Å². The molecular formula is C11H11NO4. The Morgan fingerprint density at radius 1 is 1.50 bits per heavy atom. The molecule has 5 nitrogen and oxygen atoms in total.